The van der Waals surface area contributed by atoms with E-state index in [9.17, 15) is 0 Å². The summed E-state index contributed by atoms with van der Waals surface area (Å²) in [5, 5.41) is 6.50. The molecule has 160 valence electrons. The van der Waals surface area contributed by atoms with Crippen LogP contribution in [0.5, 0.6) is 0 Å². The van der Waals surface area contributed by atoms with Gasteiger partial charge in [0, 0.05) is 38.7 Å². The van der Waals surface area contributed by atoms with Gasteiger partial charge < -0.3 is 15.0 Å². The Morgan fingerprint density at radius 2 is 1.93 bits per heavy atom. The lowest BCUT2D eigenvalue weighted by molar-refractivity contribution is 0.119. The van der Waals surface area contributed by atoms with Crippen molar-refractivity contribution in [1.29, 1.82) is 0 Å². The van der Waals surface area contributed by atoms with Gasteiger partial charge in [0.2, 0.25) is 0 Å². The van der Waals surface area contributed by atoms with Crippen molar-refractivity contribution in [3.8, 4) is 0 Å². The maximum absolute atomic E-state index is 5.36. The molecule has 2 aromatic rings. The predicted molar refractivity (Wildman–Crippen MR) is 122 cm³/mol. The molecule has 1 heterocycles. The number of likely N-dealkylation sites (N-methyl/N-ethyl adjacent to an activating group) is 1. The van der Waals surface area contributed by atoms with Crippen LogP contribution in [0.3, 0.4) is 0 Å². The number of aromatic nitrogens is 1. The van der Waals surface area contributed by atoms with Crippen LogP contribution in [0.15, 0.2) is 40.7 Å². The summed E-state index contributed by atoms with van der Waals surface area (Å²) in [6, 6.07) is 10.9. The van der Waals surface area contributed by atoms with Crippen molar-refractivity contribution >= 4 is 17.3 Å². The Hall–Kier alpha value is -1.96. The minimum Gasteiger partial charge on any atom is -0.375 e. The molecule has 0 bridgehead atoms. The number of guanidine groups is 1. The molecule has 1 aromatic carbocycles. The van der Waals surface area contributed by atoms with Crippen LogP contribution in [-0.2, 0) is 17.8 Å². The van der Waals surface area contributed by atoms with E-state index in [1.54, 1.807) is 18.4 Å². The van der Waals surface area contributed by atoms with Crippen LogP contribution in [0.1, 0.15) is 43.1 Å². The van der Waals surface area contributed by atoms with Gasteiger partial charge in [-0.25, -0.2) is 4.98 Å². The zero-order valence-electron chi connectivity index (χ0n) is 18.6. The van der Waals surface area contributed by atoms with E-state index in [-0.39, 0.29) is 6.10 Å². The quantitative estimate of drug-likeness (QED) is 0.471. The Morgan fingerprint density at radius 1 is 1.21 bits per heavy atom. The molecular formula is C22H35N5OS. The maximum atomic E-state index is 5.36. The number of aliphatic imine (C=N–C) groups is 1. The molecule has 0 aliphatic heterocycles. The highest BCUT2D eigenvalue weighted by Gasteiger charge is 2.14. The molecule has 1 N–H and O–H groups in total. The number of benzene rings is 1. The van der Waals surface area contributed by atoms with E-state index in [0.29, 0.717) is 12.6 Å². The summed E-state index contributed by atoms with van der Waals surface area (Å²) in [5.74, 6) is 0.904. The third-order valence-corrected chi connectivity index (χ3v) is 5.95. The number of rotatable bonds is 10. The second-order valence-corrected chi connectivity index (χ2v) is 8.25. The molecule has 29 heavy (non-hydrogen) atoms. The van der Waals surface area contributed by atoms with Crippen molar-refractivity contribution in [2.75, 3.05) is 34.3 Å². The molecule has 0 saturated carbocycles. The third-order valence-electron chi connectivity index (χ3n) is 4.90. The van der Waals surface area contributed by atoms with E-state index in [4.69, 9.17) is 14.7 Å². The summed E-state index contributed by atoms with van der Waals surface area (Å²) < 4.78 is 5.36. The smallest absolute Gasteiger partial charge is 0.194 e. The highest BCUT2D eigenvalue weighted by Crippen LogP contribution is 2.21. The number of hydrogen-bond donors (Lipinski definition) is 1. The Bertz CT molecular complexity index is 749. The molecule has 0 saturated heterocycles. The van der Waals surface area contributed by atoms with E-state index < -0.39 is 0 Å². The van der Waals surface area contributed by atoms with Crippen molar-refractivity contribution in [2.24, 2.45) is 4.99 Å². The van der Waals surface area contributed by atoms with E-state index in [1.807, 2.05) is 6.92 Å². The standard InChI is InChI=1S/C22H35N5OS/c1-7-23-22(27(5)15-20-16-29-21(25-20)18(3)28-6)24-13-17(2)26(4)14-19-11-9-8-10-12-19/h8-12,16-18H,7,13-15H2,1-6H3,(H,23,24). The summed E-state index contributed by atoms with van der Waals surface area (Å²) in [6.45, 7) is 9.53. The lowest BCUT2D eigenvalue weighted by Gasteiger charge is -2.25. The molecule has 1 aromatic heterocycles. The monoisotopic (exact) mass is 417 g/mol. The number of nitrogens with one attached hydrogen (secondary N) is 1. The molecular weight excluding hydrogens is 382 g/mol. The Morgan fingerprint density at radius 3 is 2.59 bits per heavy atom. The van der Waals surface area contributed by atoms with E-state index >= 15 is 0 Å². The molecule has 7 heteroatoms. The molecule has 0 amide bonds. The van der Waals surface area contributed by atoms with Crippen LogP contribution in [-0.4, -0.2) is 61.1 Å². The van der Waals surface area contributed by atoms with Gasteiger partial charge in [0.05, 0.1) is 18.8 Å². The minimum atomic E-state index is 0.0296. The van der Waals surface area contributed by atoms with Crippen LogP contribution >= 0.6 is 11.3 Å². The Balaban J connectivity index is 1.95. The number of ether oxygens (including phenoxy) is 1. The van der Waals surface area contributed by atoms with Crippen molar-refractivity contribution in [2.45, 2.75) is 46.0 Å². The van der Waals surface area contributed by atoms with Gasteiger partial charge in [-0.05, 0) is 33.4 Å². The second kappa shape index (κ2) is 11.9. The topological polar surface area (TPSA) is 53.0 Å². The first-order chi connectivity index (χ1) is 13.9. The summed E-state index contributed by atoms with van der Waals surface area (Å²) in [5.41, 5.74) is 2.36. The van der Waals surface area contributed by atoms with E-state index in [2.05, 4.69) is 78.8 Å². The molecule has 6 nitrogen and oxygen atoms in total. The molecule has 2 rings (SSSR count). The van der Waals surface area contributed by atoms with Gasteiger partial charge in [-0.1, -0.05) is 30.3 Å². The van der Waals surface area contributed by atoms with Gasteiger partial charge in [0.1, 0.15) is 11.1 Å². The summed E-state index contributed by atoms with van der Waals surface area (Å²) in [7, 11) is 5.92. The molecule has 0 aliphatic rings. The van der Waals surface area contributed by atoms with Crippen molar-refractivity contribution in [3.05, 3.63) is 52.0 Å². The van der Waals surface area contributed by atoms with Gasteiger partial charge in [-0.15, -0.1) is 11.3 Å². The maximum Gasteiger partial charge on any atom is 0.194 e. The second-order valence-electron chi connectivity index (χ2n) is 7.36. The average molecular weight is 418 g/mol. The Labute approximate surface area is 179 Å². The van der Waals surface area contributed by atoms with Crippen LogP contribution in [0.25, 0.3) is 0 Å². The predicted octanol–water partition coefficient (Wildman–Crippen LogP) is 3.77. The van der Waals surface area contributed by atoms with Gasteiger partial charge >= 0.3 is 0 Å². The zero-order valence-corrected chi connectivity index (χ0v) is 19.4. The highest BCUT2D eigenvalue weighted by atomic mass is 32.1. The molecule has 0 aliphatic carbocycles. The number of hydrogen-bond acceptors (Lipinski definition) is 5. The largest absolute Gasteiger partial charge is 0.375 e. The first-order valence-corrected chi connectivity index (χ1v) is 11.0. The molecule has 2 atom stereocenters. The van der Waals surface area contributed by atoms with Gasteiger partial charge in [0.25, 0.3) is 0 Å². The molecule has 0 fully saturated rings. The minimum absolute atomic E-state index is 0.0296. The van der Waals surface area contributed by atoms with Gasteiger partial charge in [0.15, 0.2) is 5.96 Å². The normalized spacial score (nSPS) is 14.1. The van der Waals surface area contributed by atoms with Crippen LogP contribution in [0.2, 0.25) is 0 Å². The lowest BCUT2D eigenvalue weighted by atomic mass is 10.2. The lowest BCUT2D eigenvalue weighted by Crippen LogP contribution is -2.40. The van der Waals surface area contributed by atoms with E-state index in [1.165, 1.54) is 5.56 Å². The van der Waals surface area contributed by atoms with Gasteiger partial charge in [-0.3, -0.25) is 9.89 Å². The zero-order chi connectivity index (χ0) is 21.2. The van der Waals surface area contributed by atoms with Crippen LogP contribution < -0.4 is 5.32 Å². The van der Waals surface area contributed by atoms with Crippen molar-refractivity contribution in [1.82, 2.24) is 20.1 Å². The SMILES string of the molecule is CCNC(=NCC(C)N(C)Cc1ccccc1)N(C)Cc1csc(C(C)OC)n1. The van der Waals surface area contributed by atoms with Gasteiger partial charge in [-0.2, -0.15) is 0 Å². The first-order valence-electron chi connectivity index (χ1n) is 10.1. The number of methoxy groups -OCH3 is 1. The summed E-state index contributed by atoms with van der Waals surface area (Å²) in [6.07, 6.45) is 0.0296. The number of nitrogens with zero attached hydrogens (tertiary/aromatic N) is 4. The molecule has 0 spiro atoms. The fourth-order valence-electron chi connectivity index (χ4n) is 2.86. The number of thiazole rings is 1. The average Bonchev–Trinajstić information content (AvgIpc) is 3.19. The Kier molecular flexibility index (Phi) is 9.57. The molecule has 2 unspecified atom stereocenters. The first kappa shape index (κ1) is 23.3. The highest BCUT2D eigenvalue weighted by molar-refractivity contribution is 7.09. The van der Waals surface area contributed by atoms with E-state index in [0.717, 1.165) is 36.3 Å². The third kappa shape index (κ3) is 7.42. The molecule has 0 radical (unpaired) electrons. The van der Waals surface area contributed by atoms with Crippen molar-refractivity contribution < 1.29 is 4.74 Å². The fourth-order valence-corrected chi connectivity index (χ4v) is 3.70. The van der Waals surface area contributed by atoms with Crippen molar-refractivity contribution in [3.63, 3.8) is 0 Å². The summed E-state index contributed by atoms with van der Waals surface area (Å²) in [4.78, 5) is 14.0. The summed E-state index contributed by atoms with van der Waals surface area (Å²) >= 11 is 1.64. The fraction of sp³-hybridized carbons (Fsp3) is 0.545. The van der Waals surface area contributed by atoms with Crippen LogP contribution in [0, 0.1) is 0 Å². The van der Waals surface area contributed by atoms with Crippen LogP contribution in [0.4, 0.5) is 0 Å².